The van der Waals surface area contributed by atoms with Gasteiger partial charge in [-0.05, 0) is 13.0 Å². The van der Waals surface area contributed by atoms with Gasteiger partial charge in [0.2, 0.25) is 5.60 Å². The van der Waals surface area contributed by atoms with Gasteiger partial charge in [0.1, 0.15) is 23.5 Å². The van der Waals surface area contributed by atoms with Gasteiger partial charge in [0, 0.05) is 31.8 Å². The van der Waals surface area contributed by atoms with Gasteiger partial charge in [-0.2, -0.15) is 23.4 Å². The van der Waals surface area contributed by atoms with Gasteiger partial charge in [-0.15, -0.1) is 11.3 Å². The Hall–Kier alpha value is -4.41. The maximum Gasteiger partial charge on any atom is 0.362 e. The van der Waals surface area contributed by atoms with Crippen LogP contribution < -0.4 is 22.5 Å². The normalized spacial score (nSPS) is 20.0. The Morgan fingerprint density at radius 2 is 2.09 bits per heavy atom. The van der Waals surface area contributed by atoms with E-state index in [1.54, 1.807) is 11.9 Å². The number of carbonyl (C=O) groups is 3. The number of aliphatic imine (C=N–C) groups is 1. The molecule has 0 bridgehead atoms. The third-order valence-corrected chi connectivity index (χ3v) is 8.07. The minimum atomic E-state index is -5.02. The maximum absolute atomic E-state index is 13.2. The Kier molecular flexibility index (Phi) is 9.12. The van der Waals surface area contributed by atoms with Crippen LogP contribution in [0.4, 0.5) is 5.13 Å². The van der Waals surface area contributed by atoms with Crippen molar-refractivity contribution in [3.05, 3.63) is 23.0 Å². The van der Waals surface area contributed by atoms with E-state index in [9.17, 15) is 32.5 Å². The fraction of sp³-hybridized carbons (Fsp3) is 0.524. The van der Waals surface area contributed by atoms with Crippen LogP contribution in [-0.2, 0) is 42.6 Å². The third kappa shape index (κ3) is 7.15. The average molecular weight is 643 g/mol. The molecule has 1 aliphatic carbocycles. The number of oxime groups is 1. The van der Waals surface area contributed by atoms with E-state index in [4.69, 9.17) is 22.0 Å². The summed E-state index contributed by atoms with van der Waals surface area (Å²) in [5.74, 6) is -3.21. The van der Waals surface area contributed by atoms with Crippen LogP contribution in [0.25, 0.3) is 0 Å². The lowest BCUT2D eigenvalue weighted by atomic mass is 9.98. The summed E-state index contributed by atoms with van der Waals surface area (Å²) in [4.78, 5) is 53.5. The number of nitrogens with two attached hydrogens (primary N) is 3. The van der Waals surface area contributed by atoms with Crippen molar-refractivity contribution in [3.63, 3.8) is 0 Å². The third-order valence-electron chi connectivity index (χ3n) is 6.45. The summed E-state index contributed by atoms with van der Waals surface area (Å²) in [6.07, 6.45) is 2.37. The van der Waals surface area contributed by atoms with Crippen molar-refractivity contribution >= 4 is 56.2 Å². The van der Waals surface area contributed by atoms with E-state index in [0.717, 1.165) is 16.1 Å². The number of carbonyl (C=O) groups excluding carboxylic acids is 2. The second-order valence-corrected chi connectivity index (χ2v) is 11.8. The number of rotatable bonds is 14. The molecule has 1 saturated heterocycles. The van der Waals surface area contributed by atoms with Gasteiger partial charge in [-0.25, -0.2) is 14.1 Å². The lowest BCUT2D eigenvalue weighted by Crippen LogP contribution is -2.73. The molecule has 2 atom stereocenters. The van der Waals surface area contributed by atoms with Crippen LogP contribution in [0.1, 0.15) is 30.7 Å². The molecule has 234 valence electrons. The van der Waals surface area contributed by atoms with Crippen LogP contribution in [0.15, 0.2) is 21.7 Å². The number of carboxylic acid groups (broad SMARTS) is 1. The highest BCUT2D eigenvalue weighted by Gasteiger charge is 2.56. The Labute approximate surface area is 248 Å². The van der Waals surface area contributed by atoms with E-state index in [2.05, 4.69) is 30.6 Å². The SMILES string of the molecule is CN(Cc1cnn(CC2C(NC(=O)/C(=N\OC3(C(=O)O)CC3)c3csc(N)n3)C(=O)N2S(=O)(=O)O)n1)C(N)=NCCCN. The molecule has 0 radical (unpaired) electrons. The lowest BCUT2D eigenvalue weighted by molar-refractivity contribution is -0.153. The van der Waals surface area contributed by atoms with Crippen molar-refractivity contribution in [1.29, 1.82) is 0 Å². The Bertz CT molecular complexity index is 1550. The molecular weight excluding hydrogens is 612 g/mol. The monoisotopic (exact) mass is 642 g/mol. The largest absolute Gasteiger partial charge is 0.478 e. The topological polar surface area (TPSA) is 300 Å². The zero-order valence-electron chi connectivity index (χ0n) is 22.7. The minimum absolute atomic E-state index is 0.0653. The van der Waals surface area contributed by atoms with E-state index in [1.807, 2.05) is 0 Å². The molecule has 9 N–H and O–H groups in total. The number of β-lactam (4-membered cyclic amide) rings is 1. The first-order chi connectivity index (χ1) is 20.3. The Morgan fingerprint density at radius 3 is 2.67 bits per heavy atom. The van der Waals surface area contributed by atoms with Crippen molar-refractivity contribution in [2.24, 2.45) is 21.6 Å². The molecular formula is C21H30N12O8S2. The first-order valence-electron chi connectivity index (χ1n) is 12.7. The summed E-state index contributed by atoms with van der Waals surface area (Å²) in [5.41, 5.74) is 15.3. The number of nitrogens with one attached hydrogen (secondary N) is 1. The fourth-order valence-electron chi connectivity index (χ4n) is 3.93. The molecule has 4 rings (SSSR count). The van der Waals surface area contributed by atoms with Gasteiger partial charge in [-0.1, -0.05) is 5.16 Å². The van der Waals surface area contributed by atoms with E-state index < -0.39 is 51.5 Å². The number of nitrogens with zero attached hydrogens (tertiary/aromatic N) is 8. The molecule has 2 aliphatic rings. The van der Waals surface area contributed by atoms with Crippen molar-refractivity contribution < 1.29 is 37.3 Å². The number of aliphatic carboxylic acids is 1. The first kappa shape index (κ1) is 31.5. The number of hydrogen-bond acceptors (Lipinski definition) is 14. The summed E-state index contributed by atoms with van der Waals surface area (Å²) in [6, 6.07) is -2.82. The average Bonchev–Trinajstić information content (AvgIpc) is 3.41. The summed E-state index contributed by atoms with van der Waals surface area (Å²) in [7, 11) is -3.34. The highest BCUT2D eigenvalue weighted by Crippen LogP contribution is 2.40. The van der Waals surface area contributed by atoms with Crippen LogP contribution in [0.5, 0.6) is 0 Å². The summed E-state index contributed by atoms with van der Waals surface area (Å²) < 4.78 is 33.8. The zero-order valence-corrected chi connectivity index (χ0v) is 24.4. The molecule has 1 saturated carbocycles. The zero-order chi connectivity index (χ0) is 31.5. The summed E-state index contributed by atoms with van der Waals surface area (Å²) in [6.45, 7) is 0.753. The molecule has 2 unspecified atom stereocenters. The second kappa shape index (κ2) is 12.4. The highest BCUT2D eigenvalue weighted by molar-refractivity contribution is 7.84. The van der Waals surface area contributed by atoms with Crippen molar-refractivity contribution in [1.82, 2.24) is 34.5 Å². The van der Waals surface area contributed by atoms with Gasteiger partial charge in [0.25, 0.3) is 11.8 Å². The number of thiazole rings is 1. The molecule has 22 heteroatoms. The smallest absolute Gasteiger partial charge is 0.362 e. The van der Waals surface area contributed by atoms with Gasteiger partial charge in [-0.3, -0.25) is 19.1 Å². The fourth-order valence-corrected chi connectivity index (χ4v) is 5.35. The summed E-state index contributed by atoms with van der Waals surface area (Å²) in [5, 5.41) is 25.2. The molecule has 2 aromatic heterocycles. The van der Waals surface area contributed by atoms with Crippen LogP contribution in [0.2, 0.25) is 0 Å². The molecule has 0 spiro atoms. The van der Waals surface area contributed by atoms with E-state index in [0.29, 0.717) is 25.2 Å². The quantitative estimate of drug-likeness (QED) is 0.0298. The number of carboxylic acids is 1. The van der Waals surface area contributed by atoms with E-state index in [-0.39, 0.29) is 47.0 Å². The van der Waals surface area contributed by atoms with Crippen molar-refractivity contribution in [2.45, 2.75) is 50.0 Å². The van der Waals surface area contributed by atoms with Crippen LogP contribution >= 0.6 is 11.3 Å². The number of nitrogen functional groups attached to an aromatic ring is 1. The first-order valence-corrected chi connectivity index (χ1v) is 15.0. The number of amides is 2. The minimum Gasteiger partial charge on any atom is -0.478 e. The standard InChI is InChI=1S/C21H30N12O8S2/c1-31(19(23)25-6-2-5-22)8-11-7-26-32(29-11)9-13-15(17(35)33(13)43(38,39)40)28-16(34)14(12-10-42-20(24)27-12)30-41-21(3-4-21)18(36)37/h7,10,13,15H,2-6,8-9,22H2,1H3,(H2,23,25)(H2,24,27)(H,28,34)(H,36,37)(H,38,39,40)/b30-14-. The predicted molar refractivity (Wildman–Crippen MR) is 150 cm³/mol. The van der Waals surface area contributed by atoms with E-state index >= 15 is 0 Å². The Balaban J connectivity index is 1.51. The van der Waals surface area contributed by atoms with Gasteiger partial charge in [0.15, 0.2) is 16.8 Å². The molecule has 2 aromatic rings. The molecule has 2 amide bonds. The number of hydrogen-bond donors (Lipinski definition) is 6. The van der Waals surface area contributed by atoms with Crippen molar-refractivity contribution in [3.8, 4) is 0 Å². The highest BCUT2D eigenvalue weighted by atomic mass is 32.2. The van der Waals surface area contributed by atoms with Crippen LogP contribution in [0, 0.1) is 0 Å². The summed E-state index contributed by atoms with van der Waals surface area (Å²) >= 11 is 0.966. The Morgan fingerprint density at radius 1 is 1.37 bits per heavy atom. The van der Waals surface area contributed by atoms with E-state index in [1.165, 1.54) is 11.6 Å². The number of anilines is 1. The van der Waals surface area contributed by atoms with Crippen LogP contribution in [0.3, 0.4) is 0 Å². The van der Waals surface area contributed by atoms with Crippen LogP contribution in [-0.4, -0.2) is 115 Å². The lowest BCUT2D eigenvalue weighted by Gasteiger charge is -2.43. The number of guanidine groups is 1. The van der Waals surface area contributed by atoms with Gasteiger partial charge < -0.3 is 37.4 Å². The number of aromatic nitrogens is 4. The molecule has 0 aromatic carbocycles. The molecule has 2 fully saturated rings. The van der Waals surface area contributed by atoms with Crippen molar-refractivity contribution in [2.75, 3.05) is 25.9 Å². The van der Waals surface area contributed by atoms with Gasteiger partial charge in [0.05, 0.1) is 19.3 Å². The molecule has 20 nitrogen and oxygen atoms in total. The predicted octanol–water partition coefficient (Wildman–Crippen LogP) is -3.05. The second-order valence-electron chi connectivity index (χ2n) is 9.66. The molecule has 1 aliphatic heterocycles. The maximum atomic E-state index is 13.2. The molecule has 43 heavy (non-hydrogen) atoms. The van der Waals surface area contributed by atoms with Gasteiger partial charge >= 0.3 is 16.3 Å². The molecule has 3 heterocycles.